The van der Waals surface area contributed by atoms with Crippen LogP contribution in [0.4, 0.5) is 8.78 Å². The summed E-state index contributed by atoms with van der Waals surface area (Å²) < 4.78 is 38.4. The van der Waals surface area contributed by atoms with E-state index in [2.05, 4.69) is 21.2 Å². The van der Waals surface area contributed by atoms with Crippen LogP contribution in [0.5, 0.6) is 5.75 Å². The number of carbonyl (C=O) groups excluding carboxylic acids is 3. The summed E-state index contributed by atoms with van der Waals surface area (Å²) in [7, 11) is 0. The number of Topliss-reactive ketones (excluding diaryl/α,β-unsaturated/α-hetero) is 1. The molecule has 2 saturated heterocycles. The van der Waals surface area contributed by atoms with Crippen LogP contribution in [0.1, 0.15) is 55.5 Å². The summed E-state index contributed by atoms with van der Waals surface area (Å²) in [5.41, 5.74) is 5.70. The maximum atomic E-state index is 16.0. The van der Waals surface area contributed by atoms with Crippen molar-refractivity contribution in [3.05, 3.63) is 76.3 Å². The lowest BCUT2D eigenvalue weighted by Gasteiger charge is -2.41. The van der Waals surface area contributed by atoms with Crippen LogP contribution < -0.4 is 15.8 Å². The van der Waals surface area contributed by atoms with Gasteiger partial charge in [0.1, 0.15) is 5.75 Å². The highest BCUT2D eigenvalue weighted by Crippen LogP contribution is 2.39. The molecule has 2 heterocycles. The monoisotopic (exact) mass is 627 g/mol. The molecule has 0 saturated carbocycles. The van der Waals surface area contributed by atoms with Gasteiger partial charge < -0.3 is 20.7 Å². The Morgan fingerprint density at radius 3 is 2.22 bits per heavy atom. The average molecular weight is 629 g/mol. The molecule has 0 aliphatic carbocycles. The Hall–Kier alpha value is -3.37. The van der Waals surface area contributed by atoms with Gasteiger partial charge in [-0.2, -0.15) is 8.78 Å². The summed E-state index contributed by atoms with van der Waals surface area (Å²) >= 11 is 3.23. The summed E-state index contributed by atoms with van der Waals surface area (Å²) in [5, 5.41) is 3.59. The number of carbonyl (C=O) groups is 3. The van der Waals surface area contributed by atoms with E-state index in [9.17, 15) is 14.4 Å². The Labute approximate surface area is 245 Å². The first-order valence-electron chi connectivity index (χ1n) is 13.7. The van der Waals surface area contributed by atoms with Crippen molar-refractivity contribution in [2.24, 2.45) is 5.73 Å². The number of benzene rings is 3. The smallest absolute Gasteiger partial charge is 0.302 e. The molecule has 216 valence electrons. The third-order valence-corrected chi connectivity index (χ3v) is 8.32. The van der Waals surface area contributed by atoms with E-state index < -0.39 is 35.1 Å². The lowest BCUT2D eigenvalue weighted by Crippen LogP contribution is -2.61. The molecule has 2 fully saturated rings. The fraction of sp³-hybridized carbons (Fsp3) is 0.387. The first kappa shape index (κ1) is 29.1. The number of nitrogens with one attached hydrogen (secondary N) is 1. The second-order valence-electron chi connectivity index (χ2n) is 11.1. The van der Waals surface area contributed by atoms with Crippen LogP contribution in [0.25, 0.3) is 10.8 Å². The van der Waals surface area contributed by atoms with Crippen LogP contribution in [0.15, 0.2) is 65.1 Å². The van der Waals surface area contributed by atoms with Gasteiger partial charge in [-0.15, -0.1) is 0 Å². The lowest BCUT2D eigenvalue weighted by molar-refractivity contribution is -0.152. The summed E-state index contributed by atoms with van der Waals surface area (Å²) in [6.45, 7) is 3.82. The second kappa shape index (κ2) is 11.5. The zero-order valence-electron chi connectivity index (χ0n) is 22.8. The van der Waals surface area contributed by atoms with Crippen molar-refractivity contribution >= 4 is 44.3 Å². The van der Waals surface area contributed by atoms with E-state index in [1.807, 2.05) is 19.9 Å². The molecule has 2 aliphatic heterocycles. The van der Waals surface area contributed by atoms with Crippen LogP contribution in [-0.2, 0) is 15.5 Å². The van der Waals surface area contributed by atoms with Crippen molar-refractivity contribution in [3.63, 3.8) is 0 Å². The standard InChI is InChI=1S/C31H32BrF2N3O4/c1-17(2)41-26-12-5-18-13-20(4-3-19(18)14-26)27(38)29(39)36-28(31(33,34)21-6-8-22(32)9-7-21)30(40)37-24-10-11-25(37)16-23(35)15-24/h3-9,12-14,17,23-25,28H,10-11,15-16,35H2,1-2H3,(H,36,39)/t23?,24?,25?,28-/m0/s1. The largest absolute Gasteiger partial charge is 0.491 e. The van der Waals surface area contributed by atoms with Gasteiger partial charge in [0.2, 0.25) is 5.78 Å². The number of alkyl halides is 2. The van der Waals surface area contributed by atoms with Crippen LogP contribution in [-0.4, -0.2) is 52.8 Å². The first-order valence-corrected chi connectivity index (χ1v) is 14.5. The van der Waals surface area contributed by atoms with Crippen molar-refractivity contribution < 1.29 is 27.9 Å². The molecule has 7 nitrogen and oxygen atoms in total. The zero-order valence-corrected chi connectivity index (χ0v) is 24.4. The molecule has 0 spiro atoms. The summed E-state index contributed by atoms with van der Waals surface area (Å²) in [4.78, 5) is 41.6. The third-order valence-electron chi connectivity index (χ3n) is 7.79. The molecule has 3 aromatic rings. The number of ether oxygens (including phenoxy) is 1. The van der Waals surface area contributed by atoms with Crippen molar-refractivity contribution in [1.82, 2.24) is 10.2 Å². The number of nitrogens with zero attached hydrogens (tertiary/aromatic N) is 1. The van der Waals surface area contributed by atoms with E-state index in [4.69, 9.17) is 10.5 Å². The number of nitrogens with two attached hydrogens (primary N) is 1. The Morgan fingerprint density at radius 1 is 0.976 bits per heavy atom. The molecule has 5 rings (SSSR count). The van der Waals surface area contributed by atoms with Gasteiger partial charge >= 0.3 is 5.92 Å². The number of halogens is 3. The molecule has 2 amide bonds. The molecule has 3 N–H and O–H groups in total. The van der Waals surface area contributed by atoms with Crippen molar-refractivity contribution in [3.8, 4) is 5.75 Å². The minimum absolute atomic E-state index is 0.0138. The normalized spacial score (nSPS) is 21.1. The van der Waals surface area contributed by atoms with Gasteiger partial charge in [0.15, 0.2) is 6.04 Å². The van der Waals surface area contributed by atoms with Crippen molar-refractivity contribution in [2.45, 2.75) is 75.7 Å². The highest BCUT2D eigenvalue weighted by atomic mass is 79.9. The van der Waals surface area contributed by atoms with Crippen LogP contribution >= 0.6 is 15.9 Å². The van der Waals surface area contributed by atoms with E-state index in [0.29, 0.717) is 41.3 Å². The molecular weight excluding hydrogens is 596 g/mol. The lowest BCUT2D eigenvalue weighted by atomic mass is 9.94. The molecule has 41 heavy (non-hydrogen) atoms. The van der Waals surface area contributed by atoms with Crippen LogP contribution in [0.2, 0.25) is 0 Å². The molecule has 0 aromatic heterocycles. The maximum Gasteiger partial charge on any atom is 0.302 e. The van der Waals surface area contributed by atoms with Crippen molar-refractivity contribution in [1.29, 1.82) is 0 Å². The molecule has 2 unspecified atom stereocenters. The van der Waals surface area contributed by atoms with E-state index in [1.54, 1.807) is 18.2 Å². The molecule has 2 aliphatic rings. The van der Waals surface area contributed by atoms with Gasteiger partial charge in [0.05, 0.1) is 6.10 Å². The zero-order chi connectivity index (χ0) is 29.5. The minimum Gasteiger partial charge on any atom is -0.491 e. The van der Waals surface area contributed by atoms with Gasteiger partial charge in [0.25, 0.3) is 11.8 Å². The Morgan fingerprint density at radius 2 is 1.59 bits per heavy atom. The number of ketones is 1. The Balaban J connectivity index is 1.43. The van der Waals surface area contributed by atoms with Gasteiger partial charge in [-0.05, 0) is 80.6 Å². The van der Waals surface area contributed by atoms with Crippen LogP contribution in [0, 0.1) is 0 Å². The number of hydrogen-bond donors (Lipinski definition) is 2. The van der Waals surface area contributed by atoms with Gasteiger partial charge in [0, 0.05) is 33.7 Å². The fourth-order valence-corrected chi connectivity index (χ4v) is 6.18. The second-order valence-corrected chi connectivity index (χ2v) is 12.0. The van der Waals surface area contributed by atoms with Gasteiger partial charge in [-0.1, -0.05) is 46.3 Å². The molecule has 0 radical (unpaired) electrons. The highest BCUT2D eigenvalue weighted by molar-refractivity contribution is 9.10. The van der Waals surface area contributed by atoms with Crippen molar-refractivity contribution in [2.75, 3.05) is 0 Å². The number of amides is 2. The summed E-state index contributed by atoms with van der Waals surface area (Å²) in [5.74, 6) is -6.32. The number of fused-ring (bicyclic) bond motifs is 3. The number of hydrogen-bond acceptors (Lipinski definition) is 5. The third kappa shape index (κ3) is 5.99. The van der Waals surface area contributed by atoms with E-state index in [1.165, 1.54) is 41.3 Å². The van der Waals surface area contributed by atoms with E-state index >= 15 is 8.78 Å². The molecule has 10 heteroatoms. The molecule has 3 atom stereocenters. The molecule has 3 aromatic carbocycles. The first-order chi connectivity index (χ1) is 19.4. The predicted octanol–water partition coefficient (Wildman–Crippen LogP) is 5.33. The van der Waals surface area contributed by atoms with E-state index in [-0.39, 0.29) is 29.8 Å². The summed E-state index contributed by atoms with van der Waals surface area (Å²) in [6, 6.07) is 12.3. The topological polar surface area (TPSA) is 102 Å². The number of piperidine rings is 1. The Bertz CT molecular complexity index is 1470. The average Bonchev–Trinajstić information content (AvgIpc) is 3.20. The predicted molar refractivity (Wildman–Crippen MR) is 155 cm³/mol. The summed E-state index contributed by atoms with van der Waals surface area (Å²) in [6.07, 6.45) is 2.32. The molecular formula is C31H32BrF2N3O4. The number of rotatable bonds is 8. The van der Waals surface area contributed by atoms with E-state index in [0.717, 1.165) is 5.39 Å². The van der Waals surface area contributed by atoms with Gasteiger partial charge in [-0.25, -0.2) is 0 Å². The van der Waals surface area contributed by atoms with Gasteiger partial charge in [-0.3, -0.25) is 14.4 Å². The minimum atomic E-state index is -3.79. The maximum absolute atomic E-state index is 16.0. The highest BCUT2D eigenvalue weighted by Gasteiger charge is 2.53. The fourth-order valence-electron chi connectivity index (χ4n) is 5.91. The van der Waals surface area contributed by atoms with Crippen LogP contribution in [0.3, 0.4) is 0 Å². The SMILES string of the molecule is CC(C)Oc1ccc2cc(C(=O)C(=O)N[C@@H](C(=O)N3C4CCC3CC(N)C4)C(F)(F)c3ccc(Br)cc3)ccc2c1. The quantitative estimate of drug-likeness (QED) is 0.260. The Kier molecular flexibility index (Phi) is 8.16. The molecule has 2 bridgehead atoms.